The molecule has 1 aromatic carbocycles. The number of hydrogen-bond acceptors (Lipinski definition) is 4. The number of benzene rings is 1. The zero-order chi connectivity index (χ0) is 13.7. The molecule has 0 spiro atoms. The van der Waals surface area contributed by atoms with Gasteiger partial charge in [0.25, 0.3) is 0 Å². The summed E-state index contributed by atoms with van der Waals surface area (Å²) in [6.07, 6.45) is 4.03. The fraction of sp³-hybridized carbons (Fsp3) is 0.250. The number of hydrogen-bond donors (Lipinski definition) is 2. The van der Waals surface area contributed by atoms with Crippen molar-refractivity contribution in [3.63, 3.8) is 0 Å². The average Bonchev–Trinajstić information content (AvgIpc) is 2.87. The first-order valence-electron chi connectivity index (χ1n) is 5.82. The van der Waals surface area contributed by atoms with E-state index in [1.807, 2.05) is 0 Å². The molecule has 0 saturated carbocycles. The number of nitrogens with two attached hydrogens (primary N) is 1. The van der Waals surface area contributed by atoms with Gasteiger partial charge in [-0.1, -0.05) is 0 Å². The minimum absolute atomic E-state index is 0.0143. The van der Waals surface area contributed by atoms with Crippen molar-refractivity contribution >= 4 is 17.3 Å². The minimum Gasteiger partial charge on any atom is -0.396 e. The zero-order valence-electron chi connectivity index (χ0n) is 10.2. The third kappa shape index (κ3) is 3.77. The van der Waals surface area contributed by atoms with Gasteiger partial charge in [-0.2, -0.15) is 5.10 Å². The Balaban J connectivity index is 1.79. The van der Waals surface area contributed by atoms with E-state index in [2.05, 4.69) is 15.4 Å². The van der Waals surface area contributed by atoms with E-state index in [9.17, 15) is 9.18 Å². The van der Waals surface area contributed by atoms with Crippen LogP contribution in [0, 0.1) is 5.82 Å². The van der Waals surface area contributed by atoms with E-state index in [1.54, 1.807) is 11.0 Å². The lowest BCUT2D eigenvalue weighted by molar-refractivity contribution is -0.116. The molecule has 1 heterocycles. The molecule has 0 saturated heterocycles. The number of aryl methyl sites for hydroxylation is 1. The molecule has 1 amide bonds. The lowest BCUT2D eigenvalue weighted by Crippen LogP contribution is -2.13. The summed E-state index contributed by atoms with van der Waals surface area (Å²) >= 11 is 0. The Morgan fingerprint density at radius 2 is 2.32 bits per heavy atom. The molecule has 0 radical (unpaired) electrons. The quantitative estimate of drug-likeness (QED) is 0.799. The highest BCUT2D eigenvalue weighted by Crippen LogP contribution is 2.16. The van der Waals surface area contributed by atoms with Gasteiger partial charge < -0.3 is 11.1 Å². The van der Waals surface area contributed by atoms with Crippen LogP contribution in [-0.4, -0.2) is 20.7 Å². The van der Waals surface area contributed by atoms with Crippen LogP contribution in [0.3, 0.4) is 0 Å². The number of nitrogens with zero attached hydrogens (tertiary/aromatic N) is 3. The highest BCUT2D eigenvalue weighted by Gasteiger charge is 2.05. The summed E-state index contributed by atoms with van der Waals surface area (Å²) in [5, 5.41) is 6.59. The van der Waals surface area contributed by atoms with Crippen LogP contribution >= 0.6 is 0 Å². The van der Waals surface area contributed by atoms with Crippen LogP contribution in [0.2, 0.25) is 0 Å². The third-order valence-electron chi connectivity index (χ3n) is 2.54. The Morgan fingerprint density at radius 1 is 1.47 bits per heavy atom. The molecular formula is C12H14FN5O. The second kappa shape index (κ2) is 5.94. The van der Waals surface area contributed by atoms with Crippen molar-refractivity contribution in [2.24, 2.45) is 0 Å². The number of halogens is 1. The van der Waals surface area contributed by atoms with Crippen molar-refractivity contribution in [1.29, 1.82) is 0 Å². The molecule has 2 aromatic rings. The third-order valence-corrected chi connectivity index (χ3v) is 2.54. The Labute approximate surface area is 109 Å². The van der Waals surface area contributed by atoms with Gasteiger partial charge in [-0.25, -0.2) is 9.37 Å². The van der Waals surface area contributed by atoms with Crippen LogP contribution in [0.25, 0.3) is 0 Å². The van der Waals surface area contributed by atoms with Gasteiger partial charge in [-0.3, -0.25) is 9.48 Å². The van der Waals surface area contributed by atoms with Crippen molar-refractivity contribution in [2.75, 3.05) is 11.1 Å². The van der Waals surface area contributed by atoms with Crippen molar-refractivity contribution in [2.45, 2.75) is 19.4 Å². The lowest BCUT2D eigenvalue weighted by atomic mass is 10.2. The van der Waals surface area contributed by atoms with Crippen LogP contribution in [0.4, 0.5) is 15.8 Å². The molecule has 0 aliphatic rings. The van der Waals surface area contributed by atoms with Crippen molar-refractivity contribution in [3.05, 3.63) is 36.7 Å². The van der Waals surface area contributed by atoms with Crippen LogP contribution < -0.4 is 11.1 Å². The highest BCUT2D eigenvalue weighted by molar-refractivity contribution is 5.91. The summed E-state index contributed by atoms with van der Waals surface area (Å²) in [5.74, 6) is -0.643. The number of amides is 1. The smallest absolute Gasteiger partial charge is 0.224 e. The molecule has 100 valence electrons. The number of carbonyl (C=O) groups excluding carboxylic acids is 1. The van der Waals surface area contributed by atoms with Crippen molar-refractivity contribution in [1.82, 2.24) is 14.8 Å². The molecule has 1 aromatic heterocycles. The van der Waals surface area contributed by atoms with E-state index in [4.69, 9.17) is 5.73 Å². The molecule has 0 aliphatic carbocycles. The van der Waals surface area contributed by atoms with E-state index in [0.717, 1.165) is 0 Å². The SMILES string of the molecule is Nc1cc(NC(=O)CCCn2cncn2)ccc1F. The fourth-order valence-electron chi connectivity index (χ4n) is 1.59. The summed E-state index contributed by atoms with van der Waals surface area (Å²) < 4.78 is 14.6. The molecule has 7 heteroatoms. The predicted molar refractivity (Wildman–Crippen MR) is 68.7 cm³/mol. The number of aromatic nitrogens is 3. The minimum atomic E-state index is -0.496. The monoisotopic (exact) mass is 263 g/mol. The van der Waals surface area contributed by atoms with Crippen LogP contribution in [0.5, 0.6) is 0 Å². The number of anilines is 2. The topological polar surface area (TPSA) is 85.8 Å². The van der Waals surface area contributed by atoms with E-state index in [-0.39, 0.29) is 11.6 Å². The first kappa shape index (κ1) is 13.0. The largest absolute Gasteiger partial charge is 0.396 e. The summed E-state index contributed by atoms with van der Waals surface area (Å²) in [6, 6.07) is 4.09. The van der Waals surface area contributed by atoms with Gasteiger partial charge in [-0.15, -0.1) is 0 Å². The second-order valence-electron chi connectivity index (χ2n) is 4.05. The normalized spacial score (nSPS) is 10.4. The Morgan fingerprint density at radius 3 is 3.00 bits per heavy atom. The molecular weight excluding hydrogens is 249 g/mol. The Hall–Kier alpha value is -2.44. The van der Waals surface area contributed by atoms with E-state index in [1.165, 1.54) is 24.5 Å². The van der Waals surface area contributed by atoms with Crippen LogP contribution in [0.15, 0.2) is 30.9 Å². The number of rotatable bonds is 5. The summed E-state index contributed by atoms with van der Waals surface area (Å²) in [6.45, 7) is 0.624. The number of nitrogens with one attached hydrogen (secondary N) is 1. The zero-order valence-corrected chi connectivity index (χ0v) is 10.2. The number of carbonyl (C=O) groups is 1. The molecule has 0 unspecified atom stereocenters. The van der Waals surface area contributed by atoms with Crippen molar-refractivity contribution < 1.29 is 9.18 Å². The second-order valence-corrected chi connectivity index (χ2v) is 4.05. The molecule has 3 N–H and O–H groups in total. The molecule has 2 rings (SSSR count). The first-order valence-corrected chi connectivity index (χ1v) is 5.82. The van der Waals surface area contributed by atoms with Gasteiger partial charge in [0.05, 0.1) is 5.69 Å². The van der Waals surface area contributed by atoms with Gasteiger partial charge in [0.1, 0.15) is 18.5 Å². The summed E-state index contributed by atoms with van der Waals surface area (Å²) in [5.41, 5.74) is 5.92. The molecule has 0 fully saturated rings. The van der Waals surface area contributed by atoms with E-state index >= 15 is 0 Å². The summed E-state index contributed by atoms with van der Waals surface area (Å²) in [7, 11) is 0. The molecule has 0 atom stereocenters. The van der Waals surface area contributed by atoms with Gasteiger partial charge in [0.15, 0.2) is 0 Å². The Bertz CT molecular complexity index is 555. The van der Waals surface area contributed by atoms with E-state index < -0.39 is 5.82 Å². The molecule has 0 bridgehead atoms. The summed E-state index contributed by atoms with van der Waals surface area (Å²) in [4.78, 5) is 15.5. The van der Waals surface area contributed by atoms with Gasteiger partial charge >= 0.3 is 0 Å². The average molecular weight is 263 g/mol. The molecule has 19 heavy (non-hydrogen) atoms. The van der Waals surface area contributed by atoms with Gasteiger partial charge in [0.2, 0.25) is 5.91 Å². The predicted octanol–water partition coefficient (Wildman–Crippen LogP) is 1.42. The maximum Gasteiger partial charge on any atom is 0.224 e. The fourth-order valence-corrected chi connectivity index (χ4v) is 1.59. The van der Waals surface area contributed by atoms with Crippen molar-refractivity contribution in [3.8, 4) is 0 Å². The van der Waals surface area contributed by atoms with Gasteiger partial charge in [0, 0.05) is 18.7 Å². The molecule has 6 nitrogen and oxygen atoms in total. The number of nitrogen functional groups attached to an aromatic ring is 1. The van der Waals surface area contributed by atoms with E-state index in [0.29, 0.717) is 25.1 Å². The highest BCUT2D eigenvalue weighted by atomic mass is 19.1. The Kier molecular flexibility index (Phi) is 4.07. The van der Waals surface area contributed by atoms with Crippen LogP contribution in [0.1, 0.15) is 12.8 Å². The first-order chi connectivity index (χ1) is 9.15. The lowest BCUT2D eigenvalue weighted by Gasteiger charge is -2.06. The standard InChI is InChI=1S/C12H14FN5O/c13-10-4-3-9(6-11(10)14)17-12(19)2-1-5-18-8-15-7-16-18/h3-4,6-8H,1-2,5,14H2,(H,17,19). The molecule has 0 aliphatic heterocycles. The maximum atomic E-state index is 12.9. The van der Waals surface area contributed by atoms with Crippen LogP contribution in [-0.2, 0) is 11.3 Å². The maximum absolute atomic E-state index is 12.9. The van der Waals surface area contributed by atoms with Gasteiger partial charge in [-0.05, 0) is 24.6 Å².